The van der Waals surface area contributed by atoms with Crippen LogP contribution in [0.15, 0.2) is 10.7 Å². The lowest BCUT2D eigenvalue weighted by molar-refractivity contribution is -0.143. The predicted molar refractivity (Wildman–Crippen MR) is 96.4 cm³/mol. The lowest BCUT2D eigenvalue weighted by Gasteiger charge is -2.60. The van der Waals surface area contributed by atoms with E-state index in [0.717, 1.165) is 31.4 Å². The minimum absolute atomic E-state index is 0.0669. The van der Waals surface area contributed by atoms with Crippen molar-refractivity contribution in [2.45, 2.75) is 89.4 Å². The van der Waals surface area contributed by atoms with E-state index in [4.69, 9.17) is 9.26 Å². The van der Waals surface area contributed by atoms with Gasteiger partial charge in [0.25, 0.3) is 0 Å². The molecule has 3 saturated carbocycles. The van der Waals surface area contributed by atoms with Crippen LogP contribution in [0.1, 0.15) is 77.5 Å². The summed E-state index contributed by atoms with van der Waals surface area (Å²) in [4.78, 5) is 0. The summed E-state index contributed by atoms with van der Waals surface area (Å²) >= 11 is 0. The Kier molecular flexibility index (Phi) is 2.63. The topological polar surface area (TPSA) is 58.8 Å². The lowest BCUT2D eigenvalue weighted by Crippen LogP contribution is -2.60. The van der Waals surface area contributed by atoms with Crippen LogP contribution >= 0.6 is 0 Å². The van der Waals surface area contributed by atoms with Gasteiger partial charge in [0.15, 0.2) is 11.4 Å². The molecule has 8 atom stereocenters. The smallest absolute Gasteiger partial charge is 0.174 e. The average Bonchev–Trinajstić information content (AvgIpc) is 2.87. The molecule has 0 radical (unpaired) electrons. The Morgan fingerprint density at radius 2 is 1.73 bits per heavy atom. The first-order valence-electron chi connectivity index (χ1n) is 10.6. The van der Waals surface area contributed by atoms with Crippen molar-refractivity contribution in [3.05, 3.63) is 17.5 Å². The normalized spacial score (nSPS) is 59.7. The number of nitrogens with zero attached hydrogens (tertiary/aromatic N) is 1. The average molecular weight is 357 g/mol. The molecule has 1 aromatic heterocycles. The minimum Gasteiger partial charge on any atom is -0.390 e. The Bertz CT molecular complexity index is 801. The number of aliphatic hydroxyl groups is 1. The monoisotopic (exact) mass is 357 g/mol. The van der Waals surface area contributed by atoms with Gasteiger partial charge >= 0.3 is 0 Å². The molecular weight excluding hydrogens is 326 g/mol. The Hall–Kier alpha value is -0.870. The molecule has 4 nitrogen and oxygen atoms in total. The molecule has 1 aliphatic heterocycles. The number of hydrogen-bond donors (Lipinski definition) is 1. The molecule has 1 N–H and O–H groups in total. The molecule has 26 heavy (non-hydrogen) atoms. The third kappa shape index (κ3) is 1.43. The molecule has 1 spiro atoms. The van der Waals surface area contributed by atoms with E-state index >= 15 is 0 Å². The van der Waals surface area contributed by atoms with Crippen LogP contribution in [0.4, 0.5) is 0 Å². The van der Waals surface area contributed by atoms with E-state index in [-0.39, 0.29) is 22.0 Å². The molecule has 0 bridgehead atoms. The maximum absolute atomic E-state index is 11.1. The number of hydrogen-bond acceptors (Lipinski definition) is 4. The second-order valence-electron chi connectivity index (χ2n) is 10.9. The number of ether oxygens (including phenoxy) is 1. The summed E-state index contributed by atoms with van der Waals surface area (Å²) in [6.07, 6.45) is 9.81. The molecule has 2 heterocycles. The standard InChI is InChI=1S/C22H31NO3/c1-18-8-6-16-14(15(18)7-9-20(18,3)24)5-10-22-19(16,2)11-13-12-23-25-17(13)21(22,4)26-22/h12,14-16,24H,5-11H2,1-4H3/t14-,15-,16-,18-,19+,20-,21+,22-/m0/s1. The van der Waals surface area contributed by atoms with Crippen LogP contribution in [0.5, 0.6) is 0 Å². The van der Waals surface area contributed by atoms with E-state index < -0.39 is 5.60 Å². The lowest BCUT2D eigenvalue weighted by atomic mass is 9.43. The van der Waals surface area contributed by atoms with Gasteiger partial charge in [0.2, 0.25) is 0 Å². The Labute approximate surface area is 155 Å². The van der Waals surface area contributed by atoms with Gasteiger partial charge in [-0.3, -0.25) is 0 Å². The second-order valence-corrected chi connectivity index (χ2v) is 10.9. The summed E-state index contributed by atoms with van der Waals surface area (Å²) in [5.74, 6) is 3.03. The van der Waals surface area contributed by atoms with Gasteiger partial charge in [-0.25, -0.2) is 0 Å². The van der Waals surface area contributed by atoms with Crippen LogP contribution in [-0.4, -0.2) is 21.5 Å². The summed E-state index contributed by atoms with van der Waals surface area (Å²) < 4.78 is 12.2. The zero-order chi connectivity index (χ0) is 18.2. The number of fused-ring (bicyclic) bond motifs is 6. The van der Waals surface area contributed by atoms with Gasteiger partial charge in [0, 0.05) is 11.0 Å². The van der Waals surface area contributed by atoms with Gasteiger partial charge < -0.3 is 14.4 Å². The highest BCUT2D eigenvalue weighted by Crippen LogP contribution is 2.78. The van der Waals surface area contributed by atoms with Crippen molar-refractivity contribution in [1.29, 1.82) is 0 Å². The third-order valence-electron chi connectivity index (χ3n) is 10.3. The van der Waals surface area contributed by atoms with Crippen LogP contribution in [0.25, 0.3) is 0 Å². The zero-order valence-corrected chi connectivity index (χ0v) is 16.5. The number of rotatable bonds is 0. The molecule has 4 aliphatic carbocycles. The maximum Gasteiger partial charge on any atom is 0.174 e. The second kappa shape index (κ2) is 4.25. The third-order valence-corrected chi connectivity index (χ3v) is 10.3. The van der Waals surface area contributed by atoms with E-state index in [1.807, 2.05) is 6.20 Å². The quantitative estimate of drug-likeness (QED) is 0.707. The van der Waals surface area contributed by atoms with E-state index in [0.29, 0.717) is 17.8 Å². The predicted octanol–water partition coefficient (Wildman–Crippen LogP) is 4.21. The van der Waals surface area contributed by atoms with Crippen LogP contribution in [0, 0.1) is 28.6 Å². The summed E-state index contributed by atoms with van der Waals surface area (Å²) in [5.41, 5.74) is 0.646. The molecule has 4 heteroatoms. The number of epoxide rings is 1. The Morgan fingerprint density at radius 1 is 1.00 bits per heavy atom. The van der Waals surface area contributed by atoms with Crippen molar-refractivity contribution in [2.75, 3.05) is 0 Å². The van der Waals surface area contributed by atoms with Crippen LogP contribution in [0.2, 0.25) is 0 Å². The highest BCUT2D eigenvalue weighted by molar-refractivity contribution is 5.41. The molecule has 0 aromatic carbocycles. The minimum atomic E-state index is -0.502. The molecule has 142 valence electrons. The zero-order valence-electron chi connectivity index (χ0n) is 16.5. The van der Waals surface area contributed by atoms with Gasteiger partial charge in [0.05, 0.1) is 11.8 Å². The largest absolute Gasteiger partial charge is 0.390 e. The molecule has 5 aliphatic rings. The molecule has 0 amide bonds. The SMILES string of the molecule is C[C@]1(O)CC[C@H]2[C@@H]3CC[C@@]45O[C@]4(C)c4oncc4C[C@]5(C)[C@H]3CC[C@@]21C. The molecule has 1 saturated heterocycles. The van der Waals surface area contributed by atoms with Crippen molar-refractivity contribution in [3.63, 3.8) is 0 Å². The van der Waals surface area contributed by atoms with E-state index in [1.54, 1.807) is 0 Å². The summed E-state index contributed by atoms with van der Waals surface area (Å²) in [5, 5.41) is 15.2. The molecule has 6 rings (SSSR count). The van der Waals surface area contributed by atoms with Gasteiger partial charge in [-0.15, -0.1) is 0 Å². The van der Waals surface area contributed by atoms with E-state index in [1.165, 1.54) is 24.8 Å². The van der Waals surface area contributed by atoms with E-state index in [2.05, 4.69) is 32.9 Å². The fourth-order valence-electron chi connectivity index (χ4n) is 8.63. The van der Waals surface area contributed by atoms with Crippen molar-refractivity contribution in [2.24, 2.45) is 28.6 Å². The molecule has 4 fully saturated rings. The molecule has 0 unspecified atom stereocenters. The van der Waals surface area contributed by atoms with Gasteiger partial charge in [-0.2, -0.15) is 0 Å². The van der Waals surface area contributed by atoms with Crippen molar-refractivity contribution in [3.8, 4) is 0 Å². The van der Waals surface area contributed by atoms with Gasteiger partial charge in [0.1, 0.15) is 5.60 Å². The van der Waals surface area contributed by atoms with Gasteiger partial charge in [-0.1, -0.05) is 19.0 Å². The summed E-state index contributed by atoms with van der Waals surface area (Å²) in [7, 11) is 0. The fraction of sp³-hybridized carbons (Fsp3) is 0.864. The first-order valence-corrected chi connectivity index (χ1v) is 10.6. The number of aromatic nitrogens is 1. The van der Waals surface area contributed by atoms with Gasteiger partial charge in [-0.05, 0) is 82.0 Å². The van der Waals surface area contributed by atoms with Crippen LogP contribution < -0.4 is 0 Å². The van der Waals surface area contributed by atoms with Crippen LogP contribution in [0.3, 0.4) is 0 Å². The van der Waals surface area contributed by atoms with Crippen molar-refractivity contribution >= 4 is 0 Å². The Balaban J connectivity index is 1.44. The highest BCUT2D eigenvalue weighted by atomic mass is 16.6. The summed E-state index contributed by atoms with van der Waals surface area (Å²) in [6.45, 7) is 9.16. The summed E-state index contributed by atoms with van der Waals surface area (Å²) in [6, 6.07) is 0. The molecular formula is C22H31NO3. The van der Waals surface area contributed by atoms with Crippen LogP contribution in [-0.2, 0) is 16.8 Å². The maximum atomic E-state index is 11.1. The van der Waals surface area contributed by atoms with Crippen molar-refractivity contribution < 1.29 is 14.4 Å². The van der Waals surface area contributed by atoms with E-state index in [9.17, 15) is 5.11 Å². The fourth-order valence-corrected chi connectivity index (χ4v) is 8.63. The Morgan fingerprint density at radius 3 is 2.54 bits per heavy atom. The molecule has 1 aromatic rings. The van der Waals surface area contributed by atoms with Crippen molar-refractivity contribution in [1.82, 2.24) is 5.16 Å². The first-order chi connectivity index (χ1) is 12.2. The first kappa shape index (κ1) is 16.1. The highest BCUT2D eigenvalue weighted by Gasteiger charge is 2.82.